The molecule has 0 fully saturated rings. The number of phenolic OH excluding ortho intramolecular Hbond substituents is 1. The number of carbonyl (C=O) groups excluding carboxylic acids is 2. The van der Waals surface area contributed by atoms with Crippen molar-refractivity contribution in [1.82, 2.24) is 4.98 Å². The van der Waals surface area contributed by atoms with Gasteiger partial charge in [0.05, 0.1) is 23.6 Å². The lowest BCUT2D eigenvalue weighted by molar-refractivity contribution is 0.0526. The van der Waals surface area contributed by atoms with E-state index in [1.54, 1.807) is 38.1 Å². The Morgan fingerprint density at radius 2 is 1.92 bits per heavy atom. The average Bonchev–Trinajstić information content (AvgIpc) is 2.55. The van der Waals surface area contributed by atoms with E-state index in [-0.39, 0.29) is 18.1 Å². The van der Waals surface area contributed by atoms with Gasteiger partial charge >= 0.3 is 5.97 Å². The van der Waals surface area contributed by atoms with E-state index in [1.165, 1.54) is 0 Å². The Kier molecular flexibility index (Phi) is 4.34. The summed E-state index contributed by atoms with van der Waals surface area (Å²) in [6.07, 6.45) is 1.94. The quantitative estimate of drug-likeness (QED) is 0.875. The highest BCUT2D eigenvalue weighted by Crippen LogP contribution is 2.36. The first-order valence-corrected chi connectivity index (χ1v) is 8.06. The number of ether oxygens (including phenoxy) is 1. The number of pyridine rings is 1. The third-order valence-corrected chi connectivity index (χ3v) is 4.18. The summed E-state index contributed by atoms with van der Waals surface area (Å²) in [7, 11) is 0. The summed E-state index contributed by atoms with van der Waals surface area (Å²) in [6.45, 7) is 3.75. The minimum absolute atomic E-state index is 0.00243. The van der Waals surface area contributed by atoms with E-state index in [2.05, 4.69) is 4.98 Å². The molecule has 1 N–H and O–H groups in total. The minimum Gasteiger partial charge on any atom is -0.508 e. The second-order valence-electron chi connectivity index (χ2n) is 5.81. The smallest absolute Gasteiger partial charge is 0.340 e. The van der Waals surface area contributed by atoms with Crippen LogP contribution in [-0.4, -0.2) is 28.4 Å². The fourth-order valence-electron chi connectivity index (χ4n) is 3.16. The molecule has 0 saturated heterocycles. The SMILES string of the molecule is CCOC(=O)c1c(C)nc2c(c1-c1ccc(O)cc1)C(=O)CCC2. The van der Waals surface area contributed by atoms with Crippen molar-refractivity contribution in [2.45, 2.75) is 33.1 Å². The number of Topliss-reactive ketones (excluding diaryl/α,β-unsaturated/α-hetero) is 1. The molecule has 0 aliphatic heterocycles. The summed E-state index contributed by atoms with van der Waals surface area (Å²) in [5, 5.41) is 9.54. The maximum atomic E-state index is 12.5. The first-order valence-electron chi connectivity index (χ1n) is 8.06. The summed E-state index contributed by atoms with van der Waals surface area (Å²) < 4.78 is 5.18. The Hall–Kier alpha value is -2.69. The van der Waals surface area contributed by atoms with Crippen molar-refractivity contribution >= 4 is 11.8 Å². The topological polar surface area (TPSA) is 76.5 Å². The van der Waals surface area contributed by atoms with E-state index in [9.17, 15) is 14.7 Å². The van der Waals surface area contributed by atoms with E-state index in [0.29, 0.717) is 34.4 Å². The van der Waals surface area contributed by atoms with Crippen LogP contribution in [-0.2, 0) is 11.2 Å². The molecule has 3 rings (SSSR count). The maximum absolute atomic E-state index is 12.5. The number of nitrogens with zero attached hydrogens (tertiary/aromatic N) is 1. The molecule has 5 nitrogen and oxygen atoms in total. The number of ketones is 1. The zero-order valence-electron chi connectivity index (χ0n) is 13.8. The number of phenols is 1. The number of fused-ring (bicyclic) bond motifs is 1. The van der Waals surface area contributed by atoms with Crippen LogP contribution >= 0.6 is 0 Å². The molecule has 1 aromatic carbocycles. The van der Waals surface area contributed by atoms with Gasteiger partial charge in [0.1, 0.15) is 5.75 Å². The zero-order valence-corrected chi connectivity index (χ0v) is 13.8. The Morgan fingerprint density at radius 1 is 1.21 bits per heavy atom. The van der Waals surface area contributed by atoms with Crippen LogP contribution < -0.4 is 0 Å². The van der Waals surface area contributed by atoms with Crippen LogP contribution in [0.25, 0.3) is 11.1 Å². The van der Waals surface area contributed by atoms with Crippen LogP contribution in [0.3, 0.4) is 0 Å². The third kappa shape index (κ3) is 2.77. The van der Waals surface area contributed by atoms with Gasteiger partial charge in [0.25, 0.3) is 0 Å². The molecule has 1 aliphatic carbocycles. The second-order valence-corrected chi connectivity index (χ2v) is 5.81. The predicted molar refractivity (Wildman–Crippen MR) is 89.3 cm³/mol. The van der Waals surface area contributed by atoms with Gasteiger partial charge in [0.15, 0.2) is 5.78 Å². The molecule has 1 aromatic heterocycles. The predicted octanol–water partition coefficient (Wildman–Crippen LogP) is 3.46. The van der Waals surface area contributed by atoms with Crippen molar-refractivity contribution in [2.75, 3.05) is 6.61 Å². The van der Waals surface area contributed by atoms with Crippen LogP contribution in [0, 0.1) is 6.92 Å². The second kappa shape index (κ2) is 6.43. The average molecular weight is 325 g/mol. The Morgan fingerprint density at radius 3 is 2.58 bits per heavy atom. The maximum Gasteiger partial charge on any atom is 0.340 e. The Labute approximate surface area is 140 Å². The molecule has 0 spiro atoms. The normalized spacial score (nSPS) is 13.5. The van der Waals surface area contributed by atoms with E-state index in [0.717, 1.165) is 18.5 Å². The van der Waals surface area contributed by atoms with Gasteiger partial charge in [-0.15, -0.1) is 0 Å². The van der Waals surface area contributed by atoms with Gasteiger partial charge in [-0.05, 0) is 44.4 Å². The Balaban J connectivity index is 2.32. The van der Waals surface area contributed by atoms with E-state index in [4.69, 9.17) is 4.74 Å². The summed E-state index contributed by atoms with van der Waals surface area (Å²) in [5.41, 5.74) is 3.41. The van der Waals surface area contributed by atoms with Gasteiger partial charge in [-0.1, -0.05) is 12.1 Å². The standard InChI is InChI=1S/C19H19NO4/c1-3-24-19(23)16-11(2)20-14-5-4-6-15(22)18(14)17(16)12-7-9-13(21)10-8-12/h7-10,21H,3-6H2,1-2H3. The molecule has 0 saturated carbocycles. The lowest BCUT2D eigenvalue weighted by Crippen LogP contribution is -2.20. The van der Waals surface area contributed by atoms with Crippen LogP contribution in [0.2, 0.25) is 0 Å². The molecule has 0 unspecified atom stereocenters. The number of hydrogen-bond acceptors (Lipinski definition) is 5. The van der Waals surface area contributed by atoms with E-state index >= 15 is 0 Å². The highest BCUT2D eigenvalue weighted by atomic mass is 16.5. The number of aromatic nitrogens is 1. The number of carbonyl (C=O) groups is 2. The van der Waals surface area contributed by atoms with Crippen molar-refractivity contribution in [3.05, 3.63) is 46.8 Å². The molecular weight excluding hydrogens is 306 g/mol. The van der Waals surface area contributed by atoms with Gasteiger partial charge in [-0.3, -0.25) is 9.78 Å². The molecular formula is C19H19NO4. The number of aromatic hydroxyl groups is 1. The van der Waals surface area contributed by atoms with Crippen molar-refractivity contribution in [1.29, 1.82) is 0 Å². The van der Waals surface area contributed by atoms with Gasteiger partial charge in [0, 0.05) is 17.5 Å². The number of benzene rings is 1. The summed E-state index contributed by atoms with van der Waals surface area (Å²) in [6, 6.07) is 6.49. The minimum atomic E-state index is -0.480. The summed E-state index contributed by atoms with van der Waals surface area (Å²) >= 11 is 0. The lowest BCUT2D eigenvalue weighted by Gasteiger charge is -2.22. The molecule has 5 heteroatoms. The van der Waals surface area contributed by atoms with Gasteiger partial charge < -0.3 is 9.84 Å². The van der Waals surface area contributed by atoms with Crippen LogP contribution in [0.15, 0.2) is 24.3 Å². The monoisotopic (exact) mass is 325 g/mol. The summed E-state index contributed by atoms with van der Waals surface area (Å²) in [4.78, 5) is 29.5. The molecule has 0 atom stereocenters. The fourth-order valence-corrected chi connectivity index (χ4v) is 3.16. The van der Waals surface area contributed by atoms with Gasteiger partial charge in [-0.2, -0.15) is 0 Å². The molecule has 1 heterocycles. The Bertz CT molecular complexity index is 809. The van der Waals surface area contributed by atoms with Crippen LogP contribution in [0.4, 0.5) is 0 Å². The molecule has 124 valence electrons. The number of aryl methyl sites for hydroxylation is 2. The molecule has 0 bridgehead atoms. The third-order valence-electron chi connectivity index (χ3n) is 4.18. The van der Waals surface area contributed by atoms with E-state index in [1.807, 2.05) is 0 Å². The van der Waals surface area contributed by atoms with Crippen molar-refractivity contribution < 1.29 is 19.4 Å². The number of esters is 1. The molecule has 2 aromatic rings. The van der Waals surface area contributed by atoms with Crippen molar-refractivity contribution in [3.63, 3.8) is 0 Å². The van der Waals surface area contributed by atoms with Crippen molar-refractivity contribution in [3.8, 4) is 16.9 Å². The van der Waals surface area contributed by atoms with Crippen LogP contribution in [0.1, 0.15) is 51.9 Å². The molecule has 24 heavy (non-hydrogen) atoms. The van der Waals surface area contributed by atoms with Crippen molar-refractivity contribution in [2.24, 2.45) is 0 Å². The fraction of sp³-hybridized carbons (Fsp3) is 0.316. The number of hydrogen-bond donors (Lipinski definition) is 1. The molecule has 0 amide bonds. The van der Waals surface area contributed by atoms with Gasteiger partial charge in [0.2, 0.25) is 0 Å². The highest BCUT2D eigenvalue weighted by Gasteiger charge is 2.29. The number of rotatable bonds is 3. The van der Waals surface area contributed by atoms with E-state index < -0.39 is 5.97 Å². The molecule has 0 radical (unpaired) electrons. The molecule has 1 aliphatic rings. The zero-order chi connectivity index (χ0) is 17.3. The highest BCUT2D eigenvalue weighted by molar-refractivity contribution is 6.10. The lowest BCUT2D eigenvalue weighted by atomic mass is 9.85. The van der Waals surface area contributed by atoms with Crippen LogP contribution in [0.5, 0.6) is 5.75 Å². The first kappa shape index (κ1) is 16.2. The van der Waals surface area contributed by atoms with Gasteiger partial charge in [-0.25, -0.2) is 4.79 Å². The summed E-state index contributed by atoms with van der Waals surface area (Å²) in [5.74, 6) is -0.355. The first-order chi connectivity index (χ1) is 11.5. The largest absolute Gasteiger partial charge is 0.508 e.